The lowest BCUT2D eigenvalue weighted by Gasteiger charge is -2.24. The number of rotatable bonds is 19. The fourth-order valence-corrected chi connectivity index (χ4v) is 6.16. The molecule has 0 bridgehead atoms. The summed E-state index contributed by atoms with van der Waals surface area (Å²) in [5, 5.41) is 0. The third-order valence-electron chi connectivity index (χ3n) is 5.63. The second-order valence-corrected chi connectivity index (χ2v) is 12.4. The highest BCUT2D eigenvalue weighted by atomic mass is 33.1. The molecule has 0 aromatic rings. The molecule has 0 saturated carbocycles. The van der Waals surface area contributed by atoms with Crippen molar-refractivity contribution < 1.29 is 14.3 Å². The van der Waals surface area contributed by atoms with Gasteiger partial charge in [0, 0.05) is 36.4 Å². The van der Waals surface area contributed by atoms with Crippen LogP contribution in [0.1, 0.15) is 92.9 Å². The van der Waals surface area contributed by atoms with Crippen molar-refractivity contribution in [3.8, 4) is 0 Å². The van der Waals surface area contributed by atoms with Crippen molar-refractivity contribution >= 4 is 27.4 Å². The first kappa shape index (κ1) is 29.3. The number of likely N-dealkylation sites (tertiary alicyclic amines) is 1. The van der Waals surface area contributed by atoms with E-state index in [1.807, 2.05) is 35.4 Å². The van der Waals surface area contributed by atoms with Crippen LogP contribution in [0.5, 0.6) is 0 Å². The van der Waals surface area contributed by atoms with Gasteiger partial charge >= 0.3 is 0 Å². The number of hydrogen-bond donors (Lipinski definition) is 0. The van der Waals surface area contributed by atoms with Crippen LogP contribution in [0, 0.1) is 5.92 Å². The minimum atomic E-state index is 0.200. The number of carbonyl (C=O) groups is 1. The summed E-state index contributed by atoms with van der Waals surface area (Å²) in [7, 11) is 4.05. The minimum absolute atomic E-state index is 0.200. The first-order chi connectivity index (χ1) is 14.8. The van der Waals surface area contributed by atoms with Gasteiger partial charge in [0.15, 0.2) is 0 Å². The van der Waals surface area contributed by atoms with E-state index in [1.54, 1.807) is 0 Å². The summed E-state index contributed by atoms with van der Waals surface area (Å²) in [5.74, 6) is 3.09. The first-order valence-electron chi connectivity index (χ1n) is 12.6. The predicted octanol–water partition coefficient (Wildman–Crippen LogP) is 6.62. The maximum atomic E-state index is 11.6. The fraction of sp³-hybridized carbons (Fsp3) is 0.960. The molecule has 2 atom stereocenters. The maximum Gasteiger partial charge on any atom is 0.135 e. The maximum absolute atomic E-state index is 11.6. The smallest absolute Gasteiger partial charge is 0.135 e. The third kappa shape index (κ3) is 14.9. The summed E-state index contributed by atoms with van der Waals surface area (Å²) in [5.41, 5.74) is 0. The number of unbranched alkanes of at least 4 members (excludes halogenated alkanes) is 4. The molecule has 0 radical (unpaired) electrons. The van der Waals surface area contributed by atoms with Crippen molar-refractivity contribution in [1.29, 1.82) is 0 Å². The lowest BCUT2D eigenvalue weighted by atomic mass is 10.0. The standard InChI is InChI=1S/C25H49NO3S2/c1-20(2)25(27)13-9-7-8-11-15-30-31-16-12-10-14-26-18-24(29-22(5)6)17-23(26)19-28-21(3)4/h20-24H,7-19H2,1-6H3/t23-,24+/m0/s1. The summed E-state index contributed by atoms with van der Waals surface area (Å²) < 4.78 is 12.0. The largest absolute Gasteiger partial charge is 0.377 e. The average Bonchev–Trinajstić information content (AvgIpc) is 3.07. The molecular weight excluding hydrogens is 426 g/mol. The Balaban J connectivity index is 2.04. The van der Waals surface area contributed by atoms with Crippen LogP contribution in [0.3, 0.4) is 0 Å². The van der Waals surface area contributed by atoms with Crippen LogP contribution in [0.15, 0.2) is 0 Å². The number of ether oxygens (including phenoxy) is 2. The summed E-state index contributed by atoms with van der Waals surface area (Å²) >= 11 is 0. The Hall–Kier alpha value is 0.250. The van der Waals surface area contributed by atoms with E-state index in [-0.39, 0.29) is 5.92 Å². The number of Topliss-reactive ketones (excluding diaryl/α,β-unsaturated/α-hetero) is 1. The molecule has 1 fully saturated rings. The molecule has 0 aromatic carbocycles. The molecular formula is C25H49NO3S2. The van der Waals surface area contributed by atoms with E-state index in [4.69, 9.17) is 9.47 Å². The Kier molecular flexibility index (Phi) is 16.7. The van der Waals surface area contributed by atoms with Gasteiger partial charge in [0.05, 0.1) is 24.9 Å². The Bertz CT molecular complexity index is 460. The van der Waals surface area contributed by atoms with Crippen molar-refractivity contribution in [2.75, 3.05) is 31.2 Å². The number of nitrogens with zero attached hydrogens (tertiary/aromatic N) is 1. The molecule has 31 heavy (non-hydrogen) atoms. The van der Waals surface area contributed by atoms with Crippen LogP contribution in [0.4, 0.5) is 0 Å². The van der Waals surface area contributed by atoms with Crippen LogP contribution in [-0.2, 0) is 14.3 Å². The van der Waals surface area contributed by atoms with E-state index >= 15 is 0 Å². The zero-order valence-electron chi connectivity index (χ0n) is 21.1. The van der Waals surface area contributed by atoms with Gasteiger partial charge in [-0.2, -0.15) is 0 Å². The van der Waals surface area contributed by atoms with E-state index in [2.05, 4.69) is 32.6 Å². The normalized spacial score (nSPS) is 19.9. The molecule has 184 valence electrons. The van der Waals surface area contributed by atoms with Gasteiger partial charge in [-0.1, -0.05) is 48.3 Å². The number of hydrogen-bond acceptors (Lipinski definition) is 6. The van der Waals surface area contributed by atoms with E-state index in [9.17, 15) is 4.79 Å². The fourth-order valence-electron chi connectivity index (χ4n) is 3.87. The summed E-state index contributed by atoms with van der Waals surface area (Å²) in [6.45, 7) is 15.5. The van der Waals surface area contributed by atoms with Crippen molar-refractivity contribution in [3.05, 3.63) is 0 Å². The molecule has 1 aliphatic rings. The van der Waals surface area contributed by atoms with E-state index in [0.717, 1.165) is 39.0 Å². The van der Waals surface area contributed by atoms with Crippen LogP contribution in [0.25, 0.3) is 0 Å². The topological polar surface area (TPSA) is 38.8 Å². The van der Waals surface area contributed by atoms with Crippen molar-refractivity contribution in [2.45, 2.75) is 117 Å². The zero-order valence-corrected chi connectivity index (χ0v) is 22.7. The van der Waals surface area contributed by atoms with Gasteiger partial charge in [0.25, 0.3) is 0 Å². The van der Waals surface area contributed by atoms with Gasteiger partial charge in [-0.15, -0.1) is 0 Å². The van der Waals surface area contributed by atoms with Gasteiger partial charge in [-0.3, -0.25) is 9.69 Å². The Morgan fingerprint density at radius 2 is 1.55 bits per heavy atom. The van der Waals surface area contributed by atoms with Gasteiger partial charge in [-0.25, -0.2) is 0 Å². The molecule has 0 unspecified atom stereocenters. The van der Waals surface area contributed by atoms with Crippen LogP contribution in [0.2, 0.25) is 0 Å². The summed E-state index contributed by atoms with van der Waals surface area (Å²) in [6.07, 6.45) is 10.1. The highest BCUT2D eigenvalue weighted by molar-refractivity contribution is 8.76. The zero-order chi connectivity index (χ0) is 23.1. The molecule has 1 heterocycles. The summed E-state index contributed by atoms with van der Waals surface area (Å²) in [4.78, 5) is 14.2. The molecule has 0 aromatic heterocycles. The summed E-state index contributed by atoms with van der Waals surface area (Å²) in [6, 6.07) is 0.504. The van der Waals surface area contributed by atoms with Gasteiger partial charge in [-0.05, 0) is 66.3 Å². The Labute approximate surface area is 200 Å². The number of ketones is 1. The minimum Gasteiger partial charge on any atom is -0.377 e. The molecule has 0 N–H and O–H groups in total. The Morgan fingerprint density at radius 3 is 2.16 bits per heavy atom. The second-order valence-electron chi connectivity index (χ2n) is 9.71. The SMILES string of the molecule is CC(C)OC[C@@H]1C[C@@H](OC(C)C)CN1CCCCSSCCCCCCC(=O)C(C)C. The van der Waals surface area contributed by atoms with E-state index in [1.165, 1.54) is 43.6 Å². The molecule has 1 rings (SSSR count). The van der Waals surface area contributed by atoms with Gasteiger partial charge in [0.2, 0.25) is 0 Å². The third-order valence-corrected chi connectivity index (χ3v) is 8.20. The van der Waals surface area contributed by atoms with Crippen molar-refractivity contribution in [1.82, 2.24) is 4.90 Å². The first-order valence-corrected chi connectivity index (χ1v) is 15.1. The highest BCUT2D eigenvalue weighted by Gasteiger charge is 2.32. The molecule has 1 aliphatic heterocycles. The van der Waals surface area contributed by atoms with E-state index < -0.39 is 0 Å². The van der Waals surface area contributed by atoms with Crippen LogP contribution < -0.4 is 0 Å². The molecule has 0 spiro atoms. The van der Waals surface area contributed by atoms with E-state index in [0.29, 0.717) is 30.1 Å². The molecule has 4 nitrogen and oxygen atoms in total. The predicted molar refractivity (Wildman–Crippen MR) is 138 cm³/mol. The monoisotopic (exact) mass is 475 g/mol. The Morgan fingerprint density at radius 1 is 0.903 bits per heavy atom. The van der Waals surface area contributed by atoms with Crippen LogP contribution in [-0.4, -0.2) is 66.2 Å². The quantitative estimate of drug-likeness (QED) is 0.154. The van der Waals surface area contributed by atoms with Crippen molar-refractivity contribution in [2.24, 2.45) is 5.92 Å². The molecule has 0 amide bonds. The van der Waals surface area contributed by atoms with Gasteiger partial charge in [0.1, 0.15) is 5.78 Å². The number of carbonyl (C=O) groups excluding carboxylic acids is 1. The molecule has 6 heteroatoms. The lowest BCUT2D eigenvalue weighted by Crippen LogP contribution is -2.35. The molecule has 1 saturated heterocycles. The molecule has 0 aliphatic carbocycles. The van der Waals surface area contributed by atoms with Crippen LogP contribution >= 0.6 is 21.6 Å². The highest BCUT2D eigenvalue weighted by Crippen LogP contribution is 2.26. The average molecular weight is 476 g/mol. The lowest BCUT2D eigenvalue weighted by molar-refractivity contribution is -0.122. The van der Waals surface area contributed by atoms with Gasteiger partial charge < -0.3 is 9.47 Å². The second kappa shape index (κ2) is 17.7. The van der Waals surface area contributed by atoms with Crippen molar-refractivity contribution in [3.63, 3.8) is 0 Å².